The number of carbonyl (C=O) groups is 1. The van der Waals surface area contributed by atoms with Crippen LogP contribution in [0.1, 0.15) is 5.56 Å². The van der Waals surface area contributed by atoms with Crippen molar-refractivity contribution in [1.29, 1.82) is 0 Å². The molecule has 90 valence electrons. The number of esters is 1. The molecule has 2 rings (SSSR count). The molecule has 1 aromatic carbocycles. The van der Waals surface area contributed by atoms with Crippen LogP contribution in [-0.2, 0) is 14.3 Å². The Kier molecular flexibility index (Phi) is 3.28. The van der Waals surface area contributed by atoms with E-state index in [0.717, 1.165) is 10.5 Å². The molecule has 1 heterocycles. The second kappa shape index (κ2) is 4.71. The zero-order valence-corrected chi connectivity index (χ0v) is 10.7. The van der Waals surface area contributed by atoms with Crippen LogP contribution in [0.5, 0.6) is 0 Å². The van der Waals surface area contributed by atoms with Gasteiger partial charge in [0, 0.05) is 17.5 Å². The van der Waals surface area contributed by atoms with Crippen LogP contribution in [-0.4, -0.2) is 31.5 Å². The molecule has 1 aliphatic rings. The monoisotopic (exact) mass is 251 g/mol. The van der Waals surface area contributed by atoms with Gasteiger partial charge in [0.05, 0.1) is 14.2 Å². The molecule has 0 unspecified atom stereocenters. The standard InChI is InChI=1S/C12H13NO3S/c1-13-10(12(14)16-3)11(15-2)8-6-4-5-7-9(8)17-13/h4-7H,1-3H3. The van der Waals surface area contributed by atoms with E-state index in [-0.39, 0.29) is 0 Å². The topological polar surface area (TPSA) is 38.8 Å². The summed E-state index contributed by atoms with van der Waals surface area (Å²) in [5.41, 5.74) is 1.34. The molecule has 1 aromatic rings. The highest BCUT2D eigenvalue weighted by molar-refractivity contribution is 7.97. The maximum absolute atomic E-state index is 11.7. The average Bonchev–Trinajstić information content (AvgIpc) is 2.36. The molecular formula is C12H13NO3S. The van der Waals surface area contributed by atoms with Crippen LogP contribution in [0.15, 0.2) is 34.9 Å². The van der Waals surface area contributed by atoms with Gasteiger partial charge in [-0.3, -0.25) is 0 Å². The molecule has 0 fully saturated rings. The molecule has 0 aromatic heterocycles. The fraction of sp³-hybridized carbons (Fsp3) is 0.250. The predicted octanol–water partition coefficient (Wildman–Crippen LogP) is 2.13. The smallest absolute Gasteiger partial charge is 0.359 e. The summed E-state index contributed by atoms with van der Waals surface area (Å²) in [5, 5.41) is 0. The Balaban J connectivity index is 2.60. The first-order valence-corrected chi connectivity index (χ1v) is 5.84. The molecule has 0 saturated carbocycles. The van der Waals surface area contributed by atoms with E-state index in [9.17, 15) is 4.79 Å². The summed E-state index contributed by atoms with van der Waals surface area (Å²) in [6.45, 7) is 0. The lowest BCUT2D eigenvalue weighted by Gasteiger charge is -2.28. The second-order valence-electron chi connectivity index (χ2n) is 3.46. The van der Waals surface area contributed by atoms with Crippen molar-refractivity contribution < 1.29 is 14.3 Å². The van der Waals surface area contributed by atoms with Crippen LogP contribution in [0.4, 0.5) is 0 Å². The summed E-state index contributed by atoms with van der Waals surface area (Å²) in [6.07, 6.45) is 0. The lowest BCUT2D eigenvalue weighted by Crippen LogP contribution is -2.24. The van der Waals surface area contributed by atoms with Gasteiger partial charge in [-0.15, -0.1) is 0 Å². The minimum atomic E-state index is -0.397. The van der Waals surface area contributed by atoms with E-state index in [1.54, 1.807) is 11.4 Å². The van der Waals surface area contributed by atoms with Gasteiger partial charge >= 0.3 is 5.97 Å². The van der Waals surface area contributed by atoms with Gasteiger partial charge in [0.1, 0.15) is 0 Å². The molecule has 1 aliphatic heterocycles. The molecule has 0 aliphatic carbocycles. The van der Waals surface area contributed by atoms with Crippen molar-refractivity contribution in [3.05, 3.63) is 35.5 Å². The molecule has 4 nitrogen and oxygen atoms in total. The molecule has 0 spiro atoms. The van der Waals surface area contributed by atoms with E-state index >= 15 is 0 Å². The van der Waals surface area contributed by atoms with E-state index in [2.05, 4.69) is 0 Å². The van der Waals surface area contributed by atoms with Crippen molar-refractivity contribution >= 4 is 23.7 Å². The van der Waals surface area contributed by atoms with Crippen LogP contribution in [0, 0.1) is 0 Å². The van der Waals surface area contributed by atoms with Gasteiger partial charge < -0.3 is 13.8 Å². The molecule has 0 radical (unpaired) electrons. The summed E-state index contributed by atoms with van der Waals surface area (Å²) in [7, 11) is 4.73. The number of hydrogen-bond donors (Lipinski definition) is 0. The van der Waals surface area contributed by atoms with Gasteiger partial charge in [-0.1, -0.05) is 12.1 Å². The fourth-order valence-corrected chi connectivity index (χ4v) is 2.66. The van der Waals surface area contributed by atoms with Crippen molar-refractivity contribution in [1.82, 2.24) is 4.31 Å². The number of rotatable bonds is 2. The molecule has 17 heavy (non-hydrogen) atoms. The highest BCUT2D eigenvalue weighted by atomic mass is 32.2. The summed E-state index contributed by atoms with van der Waals surface area (Å²) >= 11 is 1.48. The SMILES string of the molecule is COC(=O)C1=C(OC)c2ccccc2SN1C. The Morgan fingerprint density at radius 2 is 2.00 bits per heavy atom. The van der Waals surface area contributed by atoms with E-state index < -0.39 is 5.97 Å². The molecule has 5 heteroatoms. The first-order valence-electron chi connectivity index (χ1n) is 5.06. The molecular weight excluding hydrogens is 238 g/mol. The Morgan fingerprint density at radius 3 is 2.65 bits per heavy atom. The Labute approximate surface area is 104 Å². The van der Waals surface area contributed by atoms with Gasteiger partial charge in [-0.05, 0) is 24.1 Å². The van der Waals surface area contributed by atoms with Crippen molar-refractivity contribution in [3.8, 4) is 0 Å². The number of likely N-dealkylation sites (N-methyl/N-ethyl adjacent to an activating group) is 1. The molecule has 0 atom stereocenters. The van der Waals surface area contributed by atoms with Crippen molar-refractivity contribution in [2.45, 2.75) is 4.90 Å². The van der Waals surface area contributed by atoms with E-state index in [1.165, 1.54) is 19.1 Å². The maximum atomic E-state index is 11.7. The normalized spacial score (nSPS) is 14.4. The van der Waals surface area contributed by atoms with Crippen molar-refractivity contribution in [3.63, 3.8) is 0 Å². The van der Waals surface area contributed by atoms with Crippen LogP contribution in [0.2, 0.25) is 0 Å². The zero-order chi connectivity index (χ0) is 12.4. The summed E-state index contributed by atoms with van der Waals surface area (Å²) < 4.78 is 11.9. The third-order valence-electron chi connectivity index (χ3n) is 2.48. The number of methoxy groups -OCH3 is 2. The average molecular weight is 251 g/mol. The highest BCUT2D eigenvalue weighted by Gasteiger charge is 2.29. The largest absolute Gasteiger partial charge is 0.494 e. The summed E-state index contributed by atoms with van der Waals surface area (Å²) in [4.78, 5) is 12.8. The van der Waals surface area contributed by atoms with E-state index in [4.69, 9.17) is 9.47 Å². The lowest BCUT2D eigenvalue weighted by atomic mass is 10.1. The first kappa shape index (κ1) is 11.9. The van der Waals surface area contributed by atoms with E-state index in [0.29, 0.717) is 11.5 Å². The van der Waals surface area contributed by atoms with Gasteiger partial charge in [0.15, 0.2) is 11.5 Å². The summed E-state index contributed by atoms with van der Waals surface area (Å²) in [5.74, 6) is 0.153. The molecule has 0 saturated heterocycles. The lowest BCUT2D eigenvalue weighted by molar-refractivity contribution is -0.137. The fourth-order valence-electron chi connectivity index (χ4n) is 1.72. The van der Waals surface area contributed by atoms with Crippen LogP contribution >= 0.6 is 11.9 Å². The molecule has 0 N–H and O–H groups in total. The molecule has 0 amide bonds. The third kappa shape index (κ3) is 1.98. The van der Waals surface area contributed by atoms with Crippen molar-refractivity contribution in [2.75, 3.05) is 21.3 Å². The minimum Gasteiger partial charge on any atom is -0.494 e. The van der Waals surface area contributed by atoms with Gasteiger partial charge in [0.2, 0.25) is 0 Å². The van der Waals surface area contributed by atoms with Crippen LogP contribution in [0.25, 0.3) is 5.76 Å². The van der Waals surface area contributed by atoms with Gasteiger partial charge in [-0.25, -0.2) is 4.79 Å². The highest BCUT2D eigenvalue weighted by Crippen LogP contribution is 2.40. The zero-order valence-electron chi connectivity index (χ0n) is 9.89. The number of fused-ring (bicyclic) bond motifs is 1. The predicted molar refractivity (Wildman–Crippen MR) is 66.0 cm³/mol. The Morgan fingerprint density at radius 1 is 1.29 bits per heavy atom. The number of nitrogens with zero attached hydrogens (tertiary/aromatic N) is 1. The number of carbonyl (C=O) groups excluding carboxylic acids is 1. The number of hydrogen-bond acceptors (Lipinski definition) is 5. The number of ether oxygens (including phenoxy) is 2. The minimum absolute atomic E-state index is 0.397. The first-order chi connectivity index (χ1) is 8.19. The van der Waals surface area contributed by atoms with Crippen LogP contribution in [0.3, 0.4) is 0 Å². The van der Waals surface area contributed by atoms with Gasteiger partial charge in [0.25, 0.3) is 0 Å². The maximum Gasteiger partial charge on any atom is 0.359 e. The van der Waals surface area contributed by atoms with Crippen LogP contribution < -0.4 is 0 Å². The second-order valence-corrected chi connectivity index (χ2v) is 4.63. The van der Waals surface area contributed by atoms with Gasteiger partial charge in [-0.2, -0.15) is 0 Å². The van der Waals surface area contributed by atoms with E-state index in [1.807, 2.05) is 31.3 Å². The number of benzene rings is 1. The van der Waals surface area contributed by atoms with Crippen molar-refractivity contribution in [2.24, 2.45) is 0 Å². The quantitative estimate of drug-likeness (QED) is 0.594. The molecule has 0 bridgehead atoms. The summed E-state index contributed by atoms with van der Waals surface area (Å²) in [6, 6.07) is 7.79. The Bertz CT molecular complexity index is 484. The Hall–Kier alpha value is -1.62. The third-order valence-corrected chi connectivity index (χ3v) is 3.49.